The normalized spacial score (nSPS) is 23.0. The maximum atomic E-state index is 5.58. The summed E-state index contributed by atoms with van der Waals surface area (Å²) in [5, 5.41) is 4.37. The zero-order valence-electron chi connectivity index (χ0n) is 15.0. The molecule has 1 heterocycles. The van der Waals surface area contributed by atoms with Gasteiger partial charge in [-0.3, -0.25) is 4.99 Å². The van der Waals surface area contributed by atoms with Gasteiger partial charge in [0.1, 0.15) is 5.75 Å². The molecule has 1 saturated carbocycles. The Bertz CT molecular complexity index is 586. The zero-order valence-corrected chi connectivity index (χ0v) is 15.9. The summed E-state index contributed by atoms with van der Waals surface area (Å²) >= 11 is 2.09. The summed E-state index contributed by atoms with van der Waals surface area (Å²) < 4.78 is 5.58. The number of hydrogen-bond donors (Lipinski definition) is 1. The average molecular weight is 348 g/mol. The highest BCUT2D eigenvalue weighted by molar-refractivity contribution is 8.00. The van der Waals surface area contributed by atoms with Crippen molar-refractivity contribution in [2.75, 3.05) is 39.5 Å². The molecule has 0 bridgehead atoms. The minimum absolute atomic E-state index is 0.206. The Hall–Kier alpha value is -1.36. The molecule has 3 rings (SSSR count). The first kappa shape index (κ1) is 17.5. The van der Waals surface area contributed by atoms with E-state index in [2.05, 4.69) is 52.1 Å². The van der Waals surface area contributed by atoms with E-state index in [0.29, 0.717) is 0 Å². The molecule has 4 nitrogen and oxygen atoms in total. The molecule has 0 spiro atoms. The molecule has 1 N–H and O–H groups in total. The van der Waals surface area contributed by atoms with Crippen molar-refractivity contribution in [1.82, 2.24) is 10.2 Å². The highest BCUT2D eigenvalue weighted by Crippen LogP contribution is 2.50. The van der Waals surface area contributed by atoms with Gasteiger partial charge in [-0.15, -0.1) is 0 Å². The van der Waals surface area contributed by atoms with Gasteiger partial charge in [0, 0.05) is 48.7 Å². The SMILES string of the molecule is CCC1CN(C(=NC)NCC2(c3ccccc3OC)CC2)CCS1. The molecule has 0 amide bonds. The summed E-state index contributed by atoms with van der Waals surface area (Å²) in [7, 11) is 3.66. The molecule has 132 valence electrons. The van der Waals surface area contributed by atoms with Crippen LogP contribution in [0.5, 0.6) is 5.75 Å². The molecule has 1 unspecified atom stereocenters. The van der Waals surface area contributed by atoms with Crippen molar-refractivity contribution in [3.8, 4) is 5.75 Å². The van der Waals surface area contributed by atoms with Gasteiger partial charge in [0.25, 0.3) is 0 Å². The fourth-order valence-electron chi connectivity index (χ4n) is 3.51. The standard InChI is InChI=1S/C19H29N3OS/c1-4-15-13-22(11-12-24-15)18(20-2)21-14-19(9-10-19)16-7-5-6-8-17(16)23-3/h5-8,15H,4,9-14H2,1-3H3,(H,20,21). The van der Waals surface area contributed by atoms with E-state index in [9.17, 15) is 0 Å². The van der Waals surface area contributed by atoms with Crippen LogP contribution in [0, 0.1) is 0 Å². The van der Waals surface area contributed by atoms with Crippen molar-refractivity contribution >= 4 is 17.7 Å². The summed E-state index contributed by atoms with van der Waals surface area (Å²) in [6, 6.07) is 8.43. The third-order valence-corrected chi connectivity index (χ3v) is 6.59. The Balaban J connectivity index is 1.65. The smallest absolute Gasteiger partial charge is 0.193 e. The van der Waals surface area contributed by atoms with Crippen LogP contribution in [0.2, 0.25) is 0 Å². The van der Waals surface area contributed by atoms with Gasteiger partial charge >= 0.3 is 0 Å². The molecule has 1 atom stereocenters. The van der Waals surface area contributed by atoms with Crippen molar-refractivity contribution < 1.29 is 4.74 Å². The number of hydrogen-bond acceptors (Lipinski definition) is 3. The molecule has 1 aliphatic carbocycles. The fraction of sp³-hybridized carbons (Fsp3) is 0.632. The van der Waals surface area contributed by atoms with E-state index < -0.39 is 0 Å². The zero-order chi connectivity index (χ0) is 17.0. The van der Waals surface area contributed by atoms with Gasteiger partial charge in [0.2, 0.25) is 0 Å². The Morgan fingerprint density at radius 1 is 1.42 bits per heavy atom. The third-order valence-electron chi connectivity index (χ3n) is 5.22. The van der Waals surface area contributed by atoms with Gasteiger partial charge in [0.15, 0.2) is 5.96 Å². The molecule has 1 aliphatic heterocycles. The Labute approximate surface area is 150 Å². The highest BCUT2D eigenvalue weighted by atomic mass is 32.2. The number of ether oxygens (including phenoxy) is 1. The monoisotopic (exact) mass is 347 g/mol. The summed E-state index contributed by atoms with van der Waals surface area (Å²) in [5.74, 6) is 3.25. The van der Waals surface area contributed by atoms with E-state index in [4.69, 9.17) is 4.74 Å². The third kappa shape index (κ3) is 3.66. The number of thioether (sulfide) groups is 1. The minimum atomic E-state index is 0.206. The van der Waals surface area contributed by atoms with Crippen LogP contribution in [0.25, 0.3) is 0 Å². The molecule has 1 aromatic carbocycles. The number of para-hydroxylation sites is 1. The first-order valence-corrected chi connectivity index (χ1v) is 9.98. The van der Waals surface area contributed by atoms with Gasteiger partial charge in [-0.25, -0.2) is 0 Å². The van der Waals surface area contributed by atoms with Crippen molar-refractivity contribution in [1.29, 1.82) is 0 Å². The number of guanidine groups is 1. The van der Waals surface area contributed by atoms with Gasteiger partial charge in [-0.1, -0.05) is 25.1 Å². The average Bonchev–Trinajstić information content (AvgIpc) is 3.43. The number of nitrogens with zero attached hydrogens (tertiary/aromatic N) is 2. The van der Waals surface area contributed by atoms with Crippen LogP contribution in [0.1, 0.15) is 31.7 Å². The lowest BCUT2D eigenvalue weighted by Gasteiger charge is -2.35. The second kappa shape index (κ2) is 7.68. The highest BCUT2D eigenvalue weighted by Gasteiger charge is 2.46. The Morgan fingerprint density at radius 2 is 2.21 bits per heavy atom. The molecule has 0 aromatic heterocycles. The van der Waals surface area contributed by atoms with Crippen LogP contribution in [0.15, 0.2) is 29.3 Å². The fourth-order valence-corrected chi connectivity index (χ4v) is 4.69. The molecule has 0 radical (unpaired) electrons. The second-order valence-corrected chi connectivity index (χ2v) is 8.14. The van der Waals surface area contributed by atoms with E-state index in [1.807, 2.05) is 13.1 Å². The maximum Gasteiger partial charge on any atom is 0.193 e. The van der Waals surface area contributed by atoms with Crippen molar-refractivity contribution in [2.45, 2.75) is 36.9 Å². The quantitative estimate of drug-likeness (QED) is 0.656. The van der Waals surface area contributed by atoms with Crippen LogP contribution in [-0.4, -0.2) is 55.7 Å². The largest absolute Gasteiger partial charge is 0.496 e. The van der Waals surface area contributed by atoms with Crippen molar-refractivity contribution in [3.05, 3.63) is 29.8 Å². The first-order valence-electron chi connectivity index (χ1n) is 8.93. The molecule has 1 saturated heterocycles. The number of rotatable bonds is 5. The van der Waals surface area contributed by atoms with Gasteiger partial charge in [0.05, 0.1) is 7.11 Å². The summed E-state index contributed by atoms with van der Waals surface area (Å²) in [4.78, 5) is 6.96. The van der Waals surface area contributed by atoms with Crippen LogP contribution in [0.4, 0.5) is 0 Å². The van der Waals surface area contributed by atoms with Gasteiger partial charge < -0.3 is 15.0 Å². The van der Waals surface area contributed by atoms with Crippen LogP contribution in [-0.2, 0) is 5.41 Å². The van der Waals surface area contributed by atoms with Crippen molar-refractivity contribution in [2.24, 2.45) is 4.99 Å². The van der Waals surface area contributed by atoms with Crippen LogP contribution in [0.3, 0.4) is 0 Å². The molecule has 5 heteroatoms. The summed E-state index contributed by atoms with van der Waals surface area (Å²) in [6.07, 6.45) is 3.65. The van der Waals surface area contributed by atoms with E-state index in [0.717, 1.165) is 36.6 Å². The lowest BCUT2D eigenvalue weighted by Crippen LogP contribution is -2.49. The van der Waals surface area contributed by atoms with Gasteiger partial charge in [-0.05, 0) is 25.3 Å². The lowest BCUT2D eigenvalue weighted by molar-refractivity contribution is 0.396. The summed E-state index contributed by atoms with van der Waals surface area (Å²) in [6.45, 7) is 5.39. The number of methoxy groups -OCH3 is 1. The lowest BCUT2D eigenvalue weighted by atomic mass is 9.95. The molecule has 1 aromatic rings. The molecule has 2 fully saturated rings. The predicted molar refractivity (Wildman–Crippen MR) is 103 cm³/mol. The maximum absolute atomic E-state index is 5.58. The Morgan fingerprint density at radius 3 is 2.88 bits per heavy atom. The minimum Gasteiger partial charge on any atom is -0.496 e. The van der Waals surface area contributed by atoms with E-state index in [1.54, 1.807) is 7.11 Å². The number of benzene rings is 1. The first-order chi connectivity index (χ1) is 11.7. The molecule has 2 aliphatic rings. The van der Waals surface area contributed by atoms with E-state index >= 15 is 0 Å². The Kier molecular flexibility index (Phi) is 5.59. The molecule has 24 heavy (non-hydrogen) atoms. The second-order valence-electron chi connectivity index (χ2n) is 6.73. The van der Waals surface area contributed by atoms with E-state index in [1.165, 1.54) is 30.6 Å². The van der Waals surface area contributed by atoms with Crippen LogP contribution >= 0.6 is 11.8 Å². The molecular formula is C19H29N3OS. The molecular weight excluding hydrogens is 318 g/mol. The predicted octanol–water partition coefficient (Wildman–Crippen LogP) is 3.13. The van der Waals surface area contributed by atoms with Crippen molar-refractivity contribution in [3.63, 3.8) is 0 Å². The van der Waals surface area contributed by atoms with Gasteiger partial charge in [-0.2, -0.15) is 11.8 Å². The number of aliphatic imine (C=N–C) groups is 1. The van der Waals surface area contributed by atoms with Crippen LogP contribution < -0.4 is 10.1 Å². The number of nitrogens with one attached hydrogen (secondary N) is 1. The topological polar surface area (TPSA) is 36.9 Å². The van der Waals surface area contributed by atoms with E-state index in [-0.39, 0.29) is 5.41 Å². The summed E-state index contributed by atoms with van der Waals surface area (Å²) in [5.41, 5.74) is 1.54.